The minimum atomic E-state index is 0.265. The quantitative estimate of drug-likeness (QED) is 0.661. The van der Waals surface area contributed by atoms with Crippen molar-refractivity contribution >= 4 is 10.9 Å². The molecule has 2 aromatic rings. The van der Waals surface area contributed by atoms with Gasteiger partial charge in [-0.1, -0.05) is 31.4 Å². The smallest absolute Gasteiger partial charge is 0.0705 e. The predicted molar refractivity (Wildman–Crippen MR) is 83.1 cm³/mol. The van der Waals surface area contributed by atoms with Crippen LogP contribution in [0.3, 0.4) is 0 Å². The van der Waals surface area contributed by atoms with Crippen molar-refractivity contribution in [2.45, 2.75) is 45.1 Å². The zero-order valence-electron chi connectivity index (χ0n) is 12.1. The first-order chi connectivity index (χ1) is 9.78. The SMILES string of the molecule is Cc1ccc2cc(C(NN)C3CCCCC3)ccc2n1. The number of aromatic nitrogens is 1. The summed E-state index contributed by atoms with van der Waals surface area (Å²) in [5.41, 5.74) is 6.46. The fourth-order valence-electron chi connectivity index (χ4n) is 3.41. The van der Waals surface area contributed by atoms with Crippen molar-refractivity contribution in [3.05, 3.63) is 41.6 Å². The lowest BCUT2D eigenvalue weighted by Crippen LogP contribution is -2.34. The van der Waals surface area contributed by atoms with Crippen LogP contribution in [0.2, 0.25) is 0 Å². The monoisotopic (exact) mass is 269 g/mol. The molecule has 1 heterocycles. The maximum atomic E-state index is 5.84. The van der Waals surface area contributed by atoms with E-state index in [1.807, 2.05) is 6.92 Å². The van der Waals surface area contributed by atoms with Gasteiger partial charge in [-0.25, -0.2) is 0 Å². The summed E-state index contributed by atoms with van der Waals surface area (Å²) in [4.78, 5) is 4.56. The van der Waals surface area contributed by atoms with Gasteiger partial charge in [0.1, 0.15) is 0 Å². The third-order valence-electron chi connectivity index (χ3n) is 4.51. The highest BCUT2D eigenvalue weighted by Gasteiger charge is 2.24. The minimum Gasteiger partial charge on any atom is -0.271 e. The number of fused-ring (bicyclic) bond motifs is 1. The first-order valence-corrected chi connectivity index (χ1v) is 7.61. The second kappa shape index (κ2) is 5.90. The van der Waals surface area contributed by atoms with E-state index in [4.69, 9.17) is 5.84 Å². The molecule has 0 aliphatic heterocycles. The van der Waals surface area contributed by atoms with Crippen molar-refractivity contribution in [1.82, 2.24) is 10.4 Å². The van der Waals surface area contributed by atoms with Crippen molar-refractivity contribution in [3.63, 3.8) is 0 Å². The van der Waals surface area contributed by atoms with Crippen molar-refractivity contribution in [2.75, 3.05) is 0 Å². The van der Waals surface area contributed by atoms with Crippen LogP contribution < -0.4 is 11.3 Å². The fourth-order valence-corrected chi connectivity index (χ4v) is 3.41. The number of pyridine rings is 1. The Labute approximate surface area is 120 Å². The lowest BCUT2D eigenvalue weighted by atomic mass is 9.81. The number of rotatable bonds is 3. The molecular weight excluding hydrogens is 246 g/mol. The number of nitrogens with two attached hydrogens (primary N) is 1. The highest BCUT2D eigenvalue weighted by Crippen LogP contribution is 2.34. The highest BCUT2D eigenvalue weighted by atomic mass is 15.2. The molecule has 1 unspecified atom stereocenters. The number of nitrogens with one attached hydrogen (secondary N) is 1. The Morgan fingerprint density at radius 2 is 1.95 bits per heavy atom. The summed E-state index contributed by atoms with van der Waals surface area (Å²) in [5.74, 6) is 6.50. The van der Waals surface area contributed by atoms with Crippen molar-refractivity contribution < 1.29 is 0 Å². The lowest BCUT2D eigenvalue weighted by Gasteiger charge is -2.30. The van der Waals surface area contributed by atoms with Crippen LogP contribution in [0.5, 0.6) is 0 Å². The average Bonchev–Trinajstić information content (AvgIpc) is 2.49. The molecule has 3 rings (SSSR count). The van der Waals surface area contributed by atoms with Gasteiger partial charge in [0.15, 0.2) is 0 Å². The van der Waals surface area contributed by atoms with E-state index >= 15 is 0 Å². The summed E-state index contributed by atoms with van der Waals surface area (Å²) in [6.07, 6.45) is 6.58. The highest BCUT2D eigenvalue weighted by molar-refractivity contribution is 5.79. The van der Waals surface area contributed by atoms with Gasteiger partial charge in [0, 0.05) is 17.1 Å². The molecule has 20 heavy (non-hydrogen) atoms. The molecular formula is C17H23N3. The Bertz CT molecular complexity index is 588. The van der Waals surface area contributed by atoms with Gasteiger partial charge in [0.25, 0.3) is 0 Å². The van der Waals surface area contributed by atoms with Crippen LogP contribution in [0.15, 0.2) is 30.3 Å². The molecule has 1 fully saturated rings. The van der Waals surface area contributed by atoms with Crippen LogP contribution in [-0.4, -0.2) is 4.98 Å². The molecule has 1 aliphatic rings. The van der Waals surface area contributed by atoms with Crippen molar-refractivity contribution in [3.8, 4) is 0 Å². The van der Waals surface area contributed by atoms with Crippen LogP contribution in [-0.2, 0) is 0 Å². The summed E-state index contributed by atoms with van der Waals surface area (Å²) >= 11 is 0. The topological polar surface area (TPSA) is 50.9 Å². The zero-order chi connectivity index (χ0) is 13.9. The van der Waals surface area contributed by atoms with Gasteiger partial charge in [-0.2, -0.15) is 0 Å². The standard InChI is InChI=1S/C17H23N3/c1-12-7-8-14-11-15(9-10-16(14)19-12)17(20-18)13-5-3-2-4-6-13/h7-11,13,17,20H,2-6,18H2,1H3. The van der Waals surface area contributed by atoms with Gasteiger partial charge in [0.2, 0.25) is 0 Å². The van der Waals surface area contributed by atoms with E-state index in [9.17, 15) is 0 Å². The number of aryl methyl sites for hydroxylation is 1. The number of hydrazine groups is 1. The van der Waals surface area contributed by atoms with Gasteiger partial charge >= 0.3 is 0 Å². The second-order valence-electron chi connectivity index (χ2n) is 5.95. The minimum absolute atomic E-state index is 0.265. The second-order valence-corrected chi connectivity index (χ2v) is 5.95. The predicted octanol–water partition coefficient (Wildman–Crippen LogP) is 3.63. The van der Waals surface area contributed by atoms with Gasteiger partial charge in [-0.05, 0) is 49.4 Å². The van der Waals surface area contributed by atoms with Crippen LogP contribution >= 0.6 is 0 Å². The third kappa shape index (κ3) is 2.69. The van der Waals surface area contributed by atoms with Crippen molar-refractivity contribution in [2.24, 2.45) is 11.8 Å². The molecule has 0 amide bonds. The first-order valence-electron chi connectivity index (χ1n) is 7.61. The third-order valence-corrected chi connectivity index (χ3v) is 4.51. The molecule has 0 saturated heterocycles. The molecule has 1 aromatic carbocycles. The van der Waals surface area contributed by atoms with E-state index in [1.54, 1.807) is 0 Å². The summed E-state index contributed by atoms with van der Waals surface area (Å²) in [7, 11) is 0. The van der Waals surface area contributed by atoms with E-state index in [2.05, 4.69) is 40.7 Å². The summed E-state index contributed by atoms with van der Waals surface area (Å²) in [6, 6.07) is 11.0. The maximum absolute atomic E-state index is 5.84. The molecule has 1 aliphatic carbocycles. The number of hydrogen-bond donors (Lipinski definition) is 2. The Morgan fingerprint density at radius 1 is 1.15 bits per heavy atom. The van der Waals surface area contributed by atoms with Crippen LogP contribution in [0.25, 0.3) is 10.9 Å². The Kier molecular flexibility index (Phi) is 3.99. The molecule has 0 bridgehead atoms. The van der Waals surface area contributed by atoms with Crippen molar-refractivity contribution in [1.29, 1.82) is 0 Å². The van der Waals surface area contributed by atoms with E-state index in [0.717, 1.165) is 11.2 Å². The van der Waals surface area contributed by atoms with Gasteiger partial charge in [-0.3, -0.25) is 16.3 Å². The van der Waals surface area contributed by atoms with E-state index in [0.29, 0.717) is 5.92 Å². The maximum Gasteiger partial charge on any atom is 0.0705 e. The Balaban J connectivity index is 1.92. The molecule has 1 aromatic heterocycles. The molecule has 1 saturated carbocycles. The zero-order valence-corrected chi connectivity index (χ0v) is 12.1. The lowest BCUT2D eigenvalue weighted by molar-refractivity contribution is 0.273. The molecule has 0 radical (unpaired) electrons. The summed E-state index contributed by atoms with van der Waals surface area (Å²) in [6.45, 7) is 2.03. The van der Waals surface area contributed by atoms with E-state index in [1.165, 1.54) is 43.1 Å². The molecule has 3 heteroatoms. The van der Waals surface area contributed by atoms with Gasteiger partial charge in [0.05, 0.1) is 5.52 Å². The summed E-state index contributed by atoms with van der Waals surface area (Å²) < 4.78 is 0. The molecule has 3 nitrogen and oxygen atoms in total. The van der Waals surface area contributed by atoms with Gasteiger partial charge < -0.3 is 0 Å². The Morgan fingerprint density at radius 3 is 2.70 bits per heavy atom. The molecule has 0 spiro atoms. The normalized spacial score (nSPS) is 18.3. The van der Waals surface area contributed by atoms with Crippen LogP contribution in [0, 0.1) is 12.8 Å². The average molecular weight is 269 g/mol. The fraction of sp³-hybridized carbons (Fsp3) is 0.471. The van der Waals surface area contributed by atoms with Crippen LogP contribution in [0.1, 0.15) is 49.4 Å². The number of nitrogens with zero attached hydrogens (tertiary/aromatic N) is 1. The Hall–Kier alpha value is -1.45. The van der Waals surface area contributed by atoms with Gasteiger partial charge in [-0.15, -0.1) is 0 Å². The number of benzene rings is 1. The van der Waals surface area contributed by atoms with E-state index < -0.39 is 0 Å². The largest absolute Gasteiger partial charge is 0.271 e. The molecule has 3 N–H and O–H groups in total. The molecule has 1 atom stereocenters. The van der Waals surface area contributed by atoms with Crippen LogP contribution in [0.4, 0.5) is 0 Å². The first kappa shape index (κ1) is 13.5. The number of hydrogen-bond acceptors (Lipinski definition) is 3. The molecule has 106 valence electrons. The summed E-state index contributed by atoms with van der Waals surface area (Å²) in [5, 5.41) is 1.20. The van der Waals surface area contributed by atoms with E-state index in [-0.39, 0.29) is 6.04 Å².